The highest BCUT2D eigenvalue weighted by atomic mass is 35.5. The summed E-state index contributed by atoms with van der Waals surface area (Å²) < 4.78 is 0. The maximum atomic E-state index is 13.5. The first-order chi connectivity index (χ1) is 17.3. The van der Waals surface area contributed by atoms with Crippen molar-refractivity contribution in [1.29, 1.82) is 0 Å². The Morgan fingerprint density at radius 3 is 2.51 bits per heavy atom. The number of aromatic hydroxyl groups is 1. The highest BCUT2D eigenvalue weighted by molar-refractivity contribution is 6.32. The predicted molar refractivity (Wildman–Crippen MR) is 137 cm³/mol. The minimum Gasteiger partial charge on any atom is -0.508 e. The van der Waals surface area contributed by atoms with Crippen LogP contribution in [0.5, 0.6) is 5.75 Å². The van der Waals surface area contributed by atoms with E-state index in [1.165, 1.54) is 6.07 Å². The Hall–Kier alpha value is -2.88. The summed E-state index contributed by atoms with van der Waals surface area (Å²) in [5, 5.41) is 44.4. The number of benzene rings is 1. The quantitative estimate of drug-likeness (QED) is 0.335. The van der Waals surface area contributed by atoms with Gasteiger partial charge in [0.25, 0.3) is 5.91 Å². The number of phenols is 1. The highest BCUT2D eigenvalue weighted by Gasteiger charge is 2.60. The van der Waals surface area contributed by atoms with E-state index in [0.717, 1.165) is 19.5 Å². The van der Waals surface area contributed by atoms with Crippen LogP contribution in [0, 0.1) is 17.8 Å². The fourth-order valence-electron chi connectivity index (χ4n) is 5.87. The molecule has 4 rings (SSSR count). The molecule has 0 saturated heterocycles. The van der Waals surface area contributed by atoms with E-state index < -0.39 is 52.0 Å². The molecule has 1 amide bonds. The number of aliphatic hydroxyl groups excluding tert-OH is 2. The lowest BCUT2D eigenvalue weighted by Crippen LogP contribution is -2.58. The number of nitrogens with zero attached hydrogens (tertiary/aromatic N) is 1. The first kappa shape index (κ1) is 27.2. The smallest absolute Gasteiger partial charge is 0.255 e. The number of carbonyl (C=O) groups is 3. The second-order valence-electron chi connectivity index (χ2n) is 10.7. The molecule has 3 atom stereocenters. The van der Waals surface area contributed by atoms with Crippen molar-refractivity contribution in [2.75, 3.05) is 13.1 Å². The second kappa shape index (κ2) is 9.78. The summed E-state index contributed by atoms with van der Waals surface area (Å²) in [6, 6.07) is 1.48. The van der Waals surface area contributed by atoms with Crippen LogP contribution >= 0.6 is 11.6 Å². The molecule has 0 bridgehead atoms. The van der Waals surface area contributed by atoms with Gasteiger partial charge in [-0.25, -0.2) is 0 Å². The van der Waals surface area contributed by atoms with Crippen LogP contribution in [0.3, 0.4) is 0 Å². The first-order valence-electron chi connectivity index (χ1n) is 12.6. The molecule has 0 radical (unpaired) electrons. The Morgan fingerprint density at radius 1 is 1.24 bits per heavy atom. The molecule has 0 aliphatic heterocycles. The Kier molecular flexibility index (Phi) is 7.18. The number of Topliss-reactive ketones (excluding diaryl/α,β-unsaturated/α-hetero) is 2. The van der Waals surface area contributed by atoms with Gasteiger partial charge in [-0.05, 0) is 61.4 Å². The van der Waals surface area contributed by atoms with Crippen molar-refractivity contribution in [2.24, 2.45) is 23.5 Å². The molecular weight excluding hydrogens is 500 g/mol. The molecule has 1 aromatic rings. The zero-order chi connectivity index (χ0) is 27.4. The van der Waals surface area contributed by atoms with E-state index in [1.54, 1.807) is 0 Å². The minimum atomic E-state index is -2.58. The molecule has 3 aliphatic carbocycles. The third kappa shape index (κ3) is 4.32. The average molecular weight is 533 g/mol. The van der Waals surface area contributed by atoms with E-state index in [1.807, 2.05) is 6.92 Å². The van der Waals surface area contributed by atoms with Crippen LogP contribution in [0.4, 0.5) is 0 Å². The SMILES string of the molecule is CCN(CCC(C)C)Cc1cc(O)c2c(c1Cl)CC1C[C@H]3CC(=O)C(C(N)=O)=C(O)[C@@]3(O)C(=O)C1=C2O. The summed E-state index contributed by atoms with van der Waals surface area (Å²) in [5.74, 6) is -5.99. The van der Waals surface area contributed by atoms with Crippen LogP contribution in [0.25, 0.3) is 5.76 Å². The van der Waals surface area contributed by atoms with Crippen LogP contribution in [0.2, 0.25) is 5.02 Å². The maximum absolute atomic E-state index is 13.5. The number of rotatable bonds is 7. The molecule has 3 aliphatic rings. The predicted octanol–water partition coefficient (Wildman–Crippen LogP) is 2.95. The van der Waals surface area contributed by atoms with E-state index in [2.05, 4.69) is 18.7 Å². The molecule has 37 heavy (non-hydrogen) atoms. The summed E-state index contributed by atoms with van der Waals surface area (Å²) >= 11 is 6.80. The second-order valence-corrected chi connectivity index (χ2v) is 11.1. The van der Waals surface area contributed by atoms with Crippen molar-refractivity contribution in [3.63, 3.8) is 0 Å². The van der Waals surface area contributed by atoms with Crippen molar-refractivity contribution >= 4 is 34.8 Å². The zero-order valence-electron chi connectivity index (χ0n) is 21.2. The third-order valence-electron chi connectivity index (χ3n) is 7.94. The summed E-state index contributed by atoms with van der Waals surface area (Å²) in [6.45, 7) is 8.47. The van der Waals surface area contributed by atoms with Gasteiger partial charge >= 0.3 is 0 Å². The van der Waals surface area contributed by atoms with E-state index in [0.29, 0.717) is 28.6 Å². The number of fused-ring (bicyclic) bond motifs is 3. The Bertz CT molecular complexity index is 1250. The number of halogens is 1. The number of amides is 1. The van der Waals surface area contributed by atoms with E-state index in [-0.39, 0.29) is 36.1 Å². The molecule has 0 spiro atoms. The fraction of sp³-hybridized carbons (Fsp3) is 0.519. The lowest BCUT2D eigenvalue weighted by atomic mass is 9.59. The summed E-state index contributed by atoms with van der Waals surface area (Å²) in [7, 11) is 0. The normalized spacial score (nSPS) is 25.5. The van der Waals surface area contributed by atoms with Gasteiger partial charge in [-0.1, -0.05) is 32.4 Å². The number of phenolic OH excluding ortho intramolecular Hbond substituents is 1. The number of hydrogen-bond donors (Lipinski definition) is 5. The molecule has 1 unspecified atom stereocenters. The van der Waals surface area contributed by atoms with Crippen LogP contribution in [-0.2, 0) is 27.3 Å². The molecule has 6 N–H and O–H groups in total. The molecular formula is C27H33ClN2O7. The van der Waals surface area contributed by atoms with Crippen molar-refractivity contribution in [3.8, 4) is 5.75 Å². The van der Waals surface area contributed by atoms with Crippen molar-refractivity contribution in [3.05, 3.63) is 44.7 Å². The van der Waals surface area contributed by atoms with E-state index in [4.69, 9.17) is 17.3 Å². The van der Waals surface area contributed by atoms with Crippen molar-refractivity contribution in [2.45, 2.75) is 58.6 Å². The van der Waals surface area contributed by atoms with Crippen LogP contribution in [0.15, 0.2) is 23.0 Å². The average Bonchev–Trinajstić information content (AvgIpc) is 2.81. The molecule has 0 aromatic heterocycles. The van der Waals surface area contributed by atoms with Gasteiger partial charge in [0, 0.05) is 29.5 Å². The van der Waals surface area contributed by atoms with Gasteiger partial charge < -0.3 is 26.2 Å². The van der Waals surface area contributed by atoms with Gasteiger partial charge in [-0.2, -0.15) is 0 Å². The molecule has 10 heteroatoms. The fourth-order valence-corrected chi connectivity index (χ4v) is 6.16. The number of primary amides is 1. The Balaban J connectivity index is 1.78. The Labute approximate surface area is 220 Å². The largest absolute Gasteiger partial charge is 0.508 e. The highest BCUT2D eigenvalue weighted by Crippen LogP contribution is 2.53. The number of ketones is 2. The monoisotopic (exact) mass is 532 g/mol. The lowest BCUT2D eigenvalue weighted by Gasteiger charge is -2.46. The molecule has 9 nitrogen and oxygen atoms in total. The number of hydrogen-bond acceptors (Lipinski definition) is 8. The van der Waals surface area contributed by atoms with Gasteiger partial charge in [0.2, 0.25) is 5.78 Å². The van der Waals surface area contributed by atoms with Crippen LogP contribution in [-0.4, -0.2) is 61.5 Å². The van der Waals surface area contributed by atoms with Crippen LogP contribution in [0.1, 0.15) is 56.7 Å². The molecule has 1 aromatic carbocycles. The summed E-state index contributed by atoms with van der Waals surface area (Å²) in [6.07, 6.45) is 0.899. The zero-order valence-corrected chi connectivity index (χ0v) is 21.9. The van der Waals surface area contributed by atoms with Crippen molar-refractivity contribution < 1.29 is 34.8 Å². The molecule has 0 heterocycles. The van der Waals surface area contributed by atoms with Gasteiger partial charge in [-0.3, -0.25) is 19.3 Å². The number of aliphatic hydroxyl groups is 3. The minimum absolute atomic E-state index is 0.00566. The summed E-state index contributed by atoms with van der Waals surface area (Å²) in [5.41, 5.74) is 2.83. The number of carbonyl (C=O) groups excluding carboxylic acids is 3. The first-order valence-corrected chi connectivity index (χ1v) is 12.9. The molecule has 200 valence electrons. The topological polar surface area (TPSA) is 161 Å². The molecule has 1 fully saturated rings. The van der Waals surface area contributed by atoms with Gasteiger partial charge in [0.05, 0.1) is 5.56 Å². The van der Waals surface area contributed by atoms with Crippen LogP contribution < -0.4 is 5.73 Å². The maximum Gasteiger partial charge on any atom is 0.255 e. The van der Waals surface area contributed by atoms with Gasteiger partial charge in [0.1, 0.15) is 22.8 Å². The summed E-state index contributed by atoms with van der Waals surface area (Å²) in [4.78, 5) is 40.0. The van der Waals surface area contributed by atoms with Gasteiger partial charge in [-0.15, -0.1) is 0 Å². The Morgan fingerprint density at radius 2 is 1.92 bits per heavy atom. The van der Waals surface area contributed by atoms with Gasteiger partial charge in [0.15, 0.2) is 11.4 Å². The van der Waals surface area contributed by atoms with E-state index in [9.17, 15) is 34.8 Å². The third-order valence-corrected chi connectivity index (χ3v) is 8.41. The van der Waals surface area contributed by atoms with E-state index >= 15 is 0 Å². The number of nitrogens with two attached hydrogens (primary N) is 1. The lowest BCUT2D eigenvalue weighted by molar-refractivity contribution is -0.147. The standard InChI is InChI=1S/C27H33ClN2O7/c1-4-30(6-5-12(2)3)11-14-9-17(31)20-16(22(14)28)8-13-7-15-10-18(32)21(26(29)36)25(35)27(15,37)24(34)19(13)23(20)33/h9,12-13,15,31,33,35,37H,4-8,10-11H2,1-3H3,(H2,29,36)/t13?,15-,27-/m0/s1. The van der Waals surface area contributed by atoms with Crippen molar-refractivity contribution in [1.82, 2.24) is 4.90 Å². The molecule has 1 saturated carbocycles.